The van der Waals surface area contributed by atoms with Gasteiger partial charge in [0.15, 0.2) is 5.71 Å². The first kappa shape index (κ1) is 20.2. The van der Waals surface area contributed by atoms with E-state index in [0.29, 0.717) is 5.57 Å². The van der Waals surface area contributed by atoms with Crippen molar-refractivity contribution < 1.29 is 10.0 Å². The Morgan fingerprint density at radius 3 is 2.00 bits per heavy atom. The maximum Gasteiger partial charge on any atom is 0.211 e. The molecule has 0 heterocycles. The second-order valence-corrected chi connectivity index (χ2v) is 9.58. The summed E-state index contributed by atoms with van der Waals surface area (Å²) in [6, 6.07) is 9.98. The third kappa shape index (κ3) is 4.14. The van der Waals surface area contributed by atoms with Crippen LogP contribution in [0.5, 0.6) is 0 Å². The topological polar surface area (TPSA) is 49.7 Å². The van der Waals surface area contributed by atoms with Gasteiger partial charge in [-0.2, -0.15) is 0 Å². The Bertz CT molecular complexity index is 772. The highest BCUT2D eigenvalue weighted by atomic mass is 16.4. The number of ketones is 1. The Hall–Kier alpha value is -2.16. The molecule has 26 heavy (non-hydrogen) atoms. The predicted molar refractivity (Wildman–Crippen MR) is 108 cm³/mol. The van der Waals surface area contributed by atoms with Crippen molar-refractivity contribution in [1.82, 2.24) is 0 Å². The molecule has 3 heteroatoms. The predicted octanol–water partition coefficient (Wildman–Crippen LogP) is 5.69. The molecular weight excluding hydrogens is 322 g/mol. The maximum atomic E-state index is 12.9. The zero-order valence-corrected chi connectivity index (χ0v) is 17.1. The number of oxime groups is 1. The summed E-state index contributed by atoms with van der Waals surface area (Å²) >= 11 is 0. The normalized spacial score (nSPS) is 18.0. The summed E-state index contributed by atoms with van der Waals surface area (Å²) < 4.78 is 0. The van der Waals surface area contributed by atoms with E-state index >= 15 is 0 Å². The average molecular weight is 354 g/mol. The molecule has 1 aliphatic carbocycles. The minimum absolute atomic E-state index is 0.114. The Balaban J connectivity index is 2.57. The molecular formula is C23H31NO2. The highest BCUT2D eigenvalue weighted by Gasteiger charge is 2.38. The van der Waals surface area contributed by atoms with Crippen molar-refractivity contribution >= 4 is 11.5 Å². The van der Waals surface area contributed by atoms with Gasteiger partial charge in [0.05, 0.1) is 0 Å². The van der Waals surface area contributed by atoms with Crippen LogP contribution in [0.25, 0.3) is 0 Å². The quantitative estimate of drug-likeness (QED) is 0.429. The Kier molecular flexibility index (Phi) is 5.32. The van der Waals surface area contributed by atoms with Crippen LogP contribution in [-0.2, 0) is 10.2 Å². The third-order valence-corrected chi connectivity index (χ3v) is 5.10. The molecule has 1 aromatic rings. The summed E-state index contributed by atoms with van der Waals surface area (Å²) in [5.41, 5.74) is 2.38. The molecule has 1 N–H and O–H groups in total. The van der Waals surface area contributed by atoms with Crippen molar-refractivity contribution in [2.24, 2.45) is 16.0 Å². The molecule has 0 atom stereocenters. The largest absolute Gasteiger partial charge is 0.410 e. The Morgan fingerprint density at radius 1 is 0.923 bits per heavy atom. The number of rotatable bonds is 4. The second kappa shape index (κ2) is 6.86. The fraction of sp³-hybridized carbons (Fsp3) is 0.478. The van der Waals surface area contributed by atoms with Crippen LogP contribution >= 0.6 is 0 Å². The van der Waals surface area contributed by atoms with Gasteiger partial charge in [-0.1, -0.05) is 90.0 Å². The van der Waals surface area contributed by atoms with E-state index < -0.39 is 5.41 Å². The van der Waals surface area contributed by atoms with Gasteiger partial charge in [0, 0.05) is 11.0 Å². The van der Waals surface area contributed by atoms with Gasteiger partial charge >= 0.3 is 0 Å². The first-order valence-corrected chi connectivity index (χ1v) is 9.15. The molecule has 140 valence electrons. The van der Waals surface area contributed by atoms with Gasteiger partial charge in [0.1, 0.15) is 0 Å². The molecule has 0 aromatic heterocycles. The average Bonchev–Trinajstić information content (AvgIpc) is 2.53. The van der Waals surface area contributed by atoms with E-state index in [1.807, 2.05) is 50.3 Å². The van der Waals surface area contributed by atoms with Crippen molar-refractivity contribution in [1.29, 1.82) is 0 Å². The lowest BCUT2D eigenvalue weighted by atomic mass is 9.67. The zero-order valence-electron chi connectivity index (χ0n) is 17.1. The number of Topliss-reactive ketones (excluding diaryl/α,β-unsaturated/α-hetero) is 1. The van der Waals surface area contributed by atoms with Gasteiger partial charge in [0.2, 0.25) is 5.78 Å². The standard InChI is InChI=1S/C23H31NO2/c1-21(2,3)15-22(4,5)17-13-18(20(25)19(14-17)24-26)23(6,7)16-11-9-8-10-12-16/h8-14,26H,15H2,1-7H3/b24-19-. The van der Waals surface area contributed by atoms with Gasteiger partial charge in [-0.15, -0.1) is 0 Å². The summed E-state index contributed by atoms with van der Waals surface area (Å²) in [6.45, 7) is 15.1. The SMILES string of the molecule is CC(C)(C)CC(C)(C)C1=C/C(=N/O)C(=O)C(C(C)(C)c2ccccc2)=C1. The lowest BCUT2D eigenvalue weighted by Gasteiger charge is -2.37. The lowest BCUT2D eigenvalue weighted by Crippen LogP contribution is -2.34. The van der Waals surface area contributed by atoms with Crippen LogP contribution < -0.4 is 0 Å². The van der Waals surface area contributed by atoms with E-state index in [1.54, 1.807) is 6.08 Å². The number of allylic oxidation sites excluding steroid dienone is 4. The molecule has 1 aliphatic rings. The van der Waals surface area contributed by atoms with Gasteiger partial charge in [-0.3, -0.25) is 4.79 Å². The fourth-order valence-electron chi connectivity index (χ4n) is 3.98. The summed E-state index contributed by atoms with van der Waals surface area (Å²) in [5, 5.41) is 12.7. The van der Waals surface area contributed by atoms with Crippen LogP contribution in [0.15, 0.2) is 58.8 Å². The van der Waals surface area contributed by atoms with E-state index in [9.17, 15) is 10.0 Å². The molecule has 0 radical (unpaired) electrons. The molecule has 0 spiro atoms. The highest BCUT2D eigenvalue weighted by molar-refractivity contribution is 6.51. The molecule has 3 nitrogen and oxygen atoms in total. The van der Waals surface area contributed by atoms with Crippen LogP contribution in [0.4, 0.5) is 0 Å². The van der Waals surface area contributed by atoms with Crippen LogP contribution in [0.3, 0.4) is 0 Å². The molecule has 1 aromatic carbocycles. The molecule has 0 fully saturated rings. The van der Waals surface area contributed by atoms with Gasteiger partial charge in [-0.05, 0) is 34.5 Å². The third-order valence-electron chi connectivity index (χ3n) is 5.10. The number of carbonyl (C=O) groups excluding carboxylic acids is 1. The zero-order chi connectivity index (χ0) is 19.8. The molecule has 0 bridgehead atoms. The minimum Gasteiger partial charge on any atom is -0.410 e. The number of hydrogen-bond acceptors (Lipinski definition) is 3. The van der Waals surface area contributed by atoms with E-state index in [1.165, 1.54) is 0 Å². The smallest absolute Gasteiger partial charge is 0.211 e. The van der Waals surface area contributed by atoms with Crippen molar-refractivity contribution in [2.75, 3.05) is 0 Å². The summed E-state index contributed by atoms with van der Waals surface area (Å²) in [5.74, 6) is -0.211. The molecule has 0 aliphatic heterocycles. The van der Waals surface area contributed by atoms with Crippen molar-refractivity contribution in [3.8, 4) is 0 Å². The number of benzene rings is 1. The van der Waals surface area contributed by atoms with Gasteiger partial charge < -0.3 is 5.21 Å². The van der Waals surface area contributed by atoms with Crippen molar-refractivity contribution in [3.63, 3.8) is 0 Å². The van der Waals surface area contributed by atoms with Crippen molar-refractivity contribution in [2.45, 2.75) is 60.3 Å². The molecule has 0 saturated heterocycles. The fourth-order valence-corrected chi connectivity index (χ4v) is 3.98. The molecule has 0 saturated carbocycles. The van der Waals surface area contributed by atoms with E-state index in [-0.39, 0.29) is 22.3 Å². The summed E-state index contributed by atoms with van der Waals surface area (Å²) in [7, 11) is 0. The van der Waals surface area contributed by atoms with Crippen LogP contribution in [0.1, 0.15) is 60.5 Å². The Labute approximate surface area is 157 Å². The first-order chi connectivity index (χ1) is 11.9. The molecule has 0 amide bonds. The van der Waals surface area contributed by atoms with Gasteiger partial charge in [-0.25, -0.2) is 0 Å². The van der Waals surface area contributed by atoms with E-state index in [4.69, 9.17) is 0 Å². The van der Waals surface area contributed by atoms with Crippen LogP contribution in [0, 0.1) is 10.8 Å². The maximum absolute atomic E-state index is 12.9. The van der Waals surface area contributed by atoms with Crippen molar-refractivity contribution in [3.05, 3.63) is 59.2 Å². The highest BCUT2D eigenvalue weighted by Crippen LogP contribution is 2.43. The second-order valence-electron chi connectivity index (χ2n) is 9.58. The monoisotopic (exact) mass is 353 g/mol. The number of carbonyl (C=O) groups is 1. The van der Waals surface area contributed by atoms with E-state index in [2.05, 4.69) is 39.8 Å². The van der Waals surface area contributed by atoms with E-state index in [0.717, 1.165) is 17.6 Å². The number of nitrogens with zero attached hydrogens (tertiary/aromatic N) is 1. The summed E-state index contributed by atoms with van der Waals surface area (Å²) in [6.07, 6.45) is 4.70. The van der Waals surface area contributed by atoms with Gasteiger partial charge in [0.25, 0.3) is 0 Å². The first-order valence-electron chi connectivity index (χ1n) is 9.15. The Morgan fingerprint density at radius 2 is 1.50 bits per heavy atom. The number of hydrogen-bond donors (Lipinski definition) is 1. The molecule has 0 unspecified atom stereocenters. The van der Waals surface area contributed by atoms with Crippen LogP contribution in [0.2, 0.25) is 0 Å². The molecule has 2 rings (SSSR count). The lowest BCUT2D eigenvalue weighted by molar-refractivity contribution is -0.110. The summed E-state index contributed by atoms with van der Waals surface area (Å²) in [4.78, 5) is 12.9. The van der Waals surface area contributed by atoms with Crippen LogP contribution in [-0.4, -0.2) is 16.7 Å². The minimum atomic E-state index is -0.481.